The fraction of sp³-hybridized carbons (Fsp3) is 0.529. The summed E-state index contributed by atoms with van der Waals surface area (Å²) < 4.78 is 5.29. The molecule has 9 heteroatoms. The summed E-state index contributed by atoms with van der Waals surface area (Å²) in [4.78, 5) is 28.7. The molecule has 1 amide bonds. The molecule has 1 aromatic carbocycles. The first-order valence-electron chi connectivity index (χ1n) is 8.60. The number of nitro benzene ring substituents is 1. The molecule has 2 aliphatic heterocycles. The number of amides is 1. The summed E-state index contributed by atoms with van der Waals surface area (Å²) >= 11 is 0. The molecule has 0 aromatic heterocycles. The highest BCUT2D eigenvalue weighted by Gasteiger charge is 2.25. The fourth-order valence-electron chi connectivity index (χ4n) is 3.25. The first kappa shape index (κ1) is 18.1. The summed E-state index contributed by atoms with van der Waals surface area (Å²) in [5, 5.41) is 20.2. The predicted molar refractivity (Wildman–Crippen MR) is 93.9 cm³/mol. The SMILES string of the molecule is N#Cc1cc([N+](=O)[O-])ccc1N1CCN(C(=O)CN2CCOCC2)CC1. The van der Waals surface area contributed by atoms with Crippen molar-refractivity contribution in [1.29, 1.82) is 5.26 Å². The molecule has 0 saturated carbocycles. The van der Waals surface area contributed by atoms with Gasteiger partial charge in [-0.05, 0) is 6.07 Å². The molecule has 9 nitrogen and oxygen atoms in total. The van der Waals surface area contributed by atoms with Crippen molar-refractivity contribution in [2.24, 2.45) is 0 Å². The molecule has 2 fully saturated rings. The zero-order valence-electron chi connectivity index (χ0n) is 14.5. The highest BCUT2D eigenvalue weighted by Crippen LogP contribution is 2.26. The van der Waals surface area contributed by atoms with E-state index in [1.54, 1.807) is 6.07 Å². The quantitative estimate of drug-likeness (QED) is 0.568. The molecule has 0 aliphatic carbocycles. The van der Waals surface area contributed by atoms with E-state index in [0.717, 1.165) is 13.1 Å². The highest BCUT2D eigenvalue weighted by molar-refractivity contribution is 5.78. The van der Waals surface area contributed by atoms with Crippen LogP contribution in [0.5, 0.6) is 0 Å². The summed E-state index contributed by atoms with van der Waals surface area (Å²) in [6, 6.07) is 6.35. The van der Waals surface area contributed by atoms with Crippen LogP contribution in [-0.2, 0) is 9.53 Å². The number of hydrogen-bond acceptors (Lipinski definition) is 7. The van der Waals surface area contributed by atoms with Crippen molar-refractivity contribution < 1.29 is 14.5 Å². The minimum absolute atomic E-state index is 0.0929. The Kier molecular flexibility index (Phi) is 5.65. The molecule has 3 rings (SSSR count). The van der Waals surface area contributed by atoms with E-state index in [-0.39, 0.29) is 17.2 Å². The molecular formula is C17H21N5O4. The van der Waals surface area contributed by atoms with E-state index in [1.807, 2.05) is 15.9 Å². The molecule has 0 spiro atoms. The minimum atomic E-state index is -0.507. The molecule has 1 aromatic rings. The van der Waals surface area contributed by atoms with Gasteiger partial charge in [-0.1, -0.05) is 0 Å². The van der Waals surface area contributed by atoms with Gasteiger partial charge in [0.1, 0.15) is 6.07 Å². The number of piperazine rings is 1. The van der Waals surface area contributed by atoms with E-state index in [2.05, 4.69) is 4.90 Å². The molecule has 26 heavy (non-hydrogen) atoms. The van der Waals surface area contributed by atoms with Crippen LogP contribution < -0.4 is 4.90 Å². The molecule has 138 valence electrons. The fourth-order valence-corrected chi connectivity index (χ4v) is 3.25. The summed E-state index contributed by atoms with van der Waals surface area (Å²) in [6.07, 6.45) is 0. The minimum Gasteiger partial charge on any atom is -0.379 e. The van der Waals surface area contributed by atoms with Gasteiger partial charge in [-0.25, -0.2) is 0 Å². The van der Waals surface area contributed by atoms with E-state index < -0.39 is 4.92 Å². The van der Waals surface area contributed by atoms with Crippen LogP contribution in [0.3, 0.4) is 0 Å². The Morgan fingerprint density at radius 3 is 2.50 bits per heavy atom. The summed E-state index contributed by atoms with van der Waals surface area (Å²) in [5.74, 6) is 0.107. The van der Waals surface area contributed by atoms with Gasteiger partial charge in [-0.3, -0.25) is 19.8 Å². The maximum Gasteiger partial charge on any atom is 0.270 e. The van der Waals surface area contributed by atoms with Gasteiger partial charge in [0.2, 0.25) is 5.91 Å². The molecule has 2 heterocycles. The number of benzene rings is 1. The maximum atomic E-state index is 12.4. The normalized spacial score (nSPS) is 18.4. The van der Waals surface area contributed by atoms with Crippen molar-refractivity contribution in [2.75, 3.05) is 63.9 Å². The molecule has 2 aliphatic rings. The molecular weight excluding hydrogens is 338 g/mol. The Morgan fingerprint density at radius 1 is 1.19 bits per heavy atom. The standard InChI is InChI=1S/C17H21N5O4/c18-12-14-11-15(22(24)25)1-2-16(14)20-3-5-21(6-4-20)17(23)13-19-7-9-26-10-8-19/h1-2,11H,3-10,13H2. The van der Waals surface area contributed by atoms with E-state index in [0.29, 0.717) is 51.6 Å². The number of anilines is 1. The summed E-state index contributed by atoms with van der Waals surface area (Å²) in [6.45, 7) is 5.64. The second-order valence-electron chi connectivity index (χ2n) is 6.33. The monoisotopic (exact) mass is 359 g/mol. The van der Waals surface area contributed by atoms with E-state index in [4.69, 9.17) is 4.74 Å². The van der Waals surface area contributed by atoms with Crippen molar-refractivity contribution in [3.63, 3.8) is 0 Å². The lowest BCUT2D eigenvalue weighted by Crippen LogP contribution is -2.52. The largest absolute Gasteiger partial charge is 0.379 e. The van der Waals surface area contributed by atoms with Crippen molar-refractivity contribution in [2.45, 2.75) is 0 Å². The third-order valence-corrected chi connectivity index (χ3v) is 4.75. The van der Waals surface area contributed by atoms with Crippen molar-refractivity contribution in [3.05, 3.63) is 33.9 Å². The van der Waals surface area contributed by atoms with Crippen LogP contribution in [0.1, 0.15) is 5.56 Å². The van der Waals surface area contributed by atoms with Crippen LogP contribution in [-0.4, -0.2) is 79.7 Å². The van der Waals surface area contributed by atoms with Crippen LogP contribution in [0.25, 0.3) is 0 Å². The number of ether oxygens (including phenoxy) is 1. The number of nitrogens with zero attached hydrogens (tertiary/aromatic N) is 5. The number of rotatable bonds is 4. The first-order valence-corrected chi connectivity index (χ1v) is 8.60. The van der Waals surface area contributed by atoms with E-state index in [1.165, 1.54) is 12.1 Å². The van der Waals surface area contributed by atoms with E-state index in [9.17, 15) is 20.2 Å². The second kappa shape index (κ2) is 8.12. The van der Waals surface area contributed by atoms with Gasteiger partial charge in [0.25, 0.3) is 5.69 Å². The third-order valence-electron chi connectivity index (χ3n) is 4.75. The number of carbonyl (C=O) groups excluding carboxylic acids is 1. The number of hydrogen-bond donors (Lipinski definition) is 0. The van der Waals surface area contributed by atoms with Crippen molar-refractivity contribution >= 4 is 17.3 Å². The van der Waals surface area contributed by atoms with Crippen LogP contribution in [0, 0.1) is 21.4 Å². The van der Waals surface area contributed by atoms with Gasteiger partial charge in [0.15, 0.2) is 0 Å². The molecule has 0 N–H and O–H groups in total. The Balaban J connectivity index is 1.59. The van der Waals surface area contributed by atoms with Crippen LogP contribution in [0.4, 0.5) is 11.4 Å². The molecule has 0 atom stereocenters. The highest BCUT2D eigenvalue weighted by atomic mass is 16.6. The molecule has 0 radical (unpaired) electrons. The number of carbonyl (C=O) groups is 1. The van der Waals surface area contributed by atoms with Crippen molar-refractivity contribution in [1.82, 2.24) is 9.80 Å². The Hall–Kier alpha value is -2.70. The van der Waals surface area contributed by atoms with Gasteiger partial charge < -0.3 is 14.5 Å². The maximum absolute atomic E-state index is 12.4. The second-order valence-corrected chi connectivity index (χ2v) is 6.33. The van der Waals surface area contributed by atoms with Crippen LogP contribution in [0.15, 0.2) is 18.2 Å². The Morgan fingerprint density at radius 2 is 1.88 bits per heavy atom. The number of non-ortho nitro benzene ring substituents is 1. The average molecular weight is 359 g/mol. The first-order chi connectivity index (χ1) is 12.6. The van der Waals surface area contributed by atoms with Gasteiger partial charge in [-0.15, -0.1) is 0 Å². The third kappa shape index (κ3) is 4.09. The van der Waals surface area contributed by atoms with E-state index >= 15 is 0 Å². The van der Waals surface area contributed by atoms with Crippen molar-refractivity contribution in [3.8, 4) is 6.07 Å². The lowest BCUT2D eigenvalue weighted by Gasteiger charge is -2.37. The Labute approximate surface area is 151 Å². The topological polar surface area (TPSA) is 103 Å². The van der Waals surface area contributed by atoms with Gasteiger partial charge in [0.05, 0.1) is 35.9 Å². The average Bonchev–Trinajstić information content (AvgIpc) is 2.68. The van der Waals surface area contributed by atoms with Crippen LogP contribution >= 0.6 is 0 Å². The lowest BCUT2D eigenvalue weighted by molar-refractivity contribution is -0.384. The van der Waals surface area contributed by atoms with Crippen LogP contribution in [0.2, 0.25) is 0 Å². The van der Waals surface area contributed by atoms with Gasteiger partial charge in [-0.2, -0.15) is 5.26 Å². The number of nitriles is 1. The van der Waals surface area contributed by atoms with Gasteiger partial charge >= 0.3 is 0 Å². The lowest BCUT2D eigenvalue weighted by atomic mass is 10.1. The number of nitro groups is 1. The smallest absolute Gasteiger partial charge is 0.270 e. The molecule has 0 bridgehead atoms. The zero-order valence-corrected chi connectivity index (χ0v) is 14.5. The Bertz CT molecular complexity index is 718. The molecule has 2 saturated heterocycles. The predicted octanol–water partition coefficient (Wildman–Crippen LogP) is 0.447. The molecule has 0 unspecified atom stereocenters. The zero-order chi connectivity index (χ0) is 18.5. The number of morpholine rings is 1. The van der Waals surface area contributed by atoms with Gasteiger partial charge in [0, 0.05) is 51.4 Å². The summed E-state index contributed by atoms with van der Waals surface area (Å²) in [7, 11) is 0. The summed E-state index contributed by atoms with van der Waals surface area (Å²) in [5.41, 5.74) is 0.871.